The van der Waals surface area contributed by atoms with Crippen LogP contribution in [0, 0.1) is 0 Å². The summed E-state index contributed by atoms with van der Waals surface area (Å²) < 4.78 is 0. The average molecular weight is 382 g/mol. The molecule has 0 unspecified atom stereocenters. The van der Waals surface area contributed by atoms with Crippen molar-refractivity contribution in [3.05, 3.63) is 41.5 Å². The molecule has 8 nitrogen and oxygen atoms in total. The van der Waals surface area contributed by atoms with E-state index >= 15 is 0 Å². The van der Waals surface area contributed by atoms with Crippen LogP contribution in [0.25, 0.3) is 0 Å². The van der Waals surface area contributed by atoms with Crippen LogP contribution in [-0.2, 0) is 12.8 Å². The standard InChI is InChI=1S/C20H26N6O2/c21-19(28)18-20(25-14-2-1-3-16(27)9-14)26-17(11-23-18)24-15-5-4-13-10-22-7-6-12(13)8-15/h6-7,10-11,14-16,27H,1-5,8-9H2,(H2,21,28)(H2,24,25,26)/t14-,15-,16+/m1/s1. The van der Waals surface area contributed by atoms with Gasteiger partial charge in [-0.25, -0.2) is 9.97 Å². The summed E-state index contributed by atoms with van der Waals surface area (Å²) in [4.78, 5) is 24.8. The van der Waals surface area contributed by atoms with Crippen LogP contribution in [-0.4, -0.2) is 44.2 Å². The number of primary amides is 1. The number of anilines is 2. The summed E-state index contributed by atoms with van der Waals surface area (Å²) in [7, 11) is 0. The maximum Gasteiger partial charge on any atom is 0.271 e. The maximum absolute atomic E-state index is 11.8. The van der Waals surface area contributed by atoms with Crippen molar-refractivity contribution >= 4 is 17.5 Å². The number of nitrogens with two attached hydrogens (primary N) is 1. The summed E-state index contributed by atoms with van der Waals surface area (Å²) in [5.74, 6) is 0.389. The third-order valence-corrected chi connectivity index (χ3v) is 5.58. The van der Waals surface area contributed by atoms with E-state index in [1.54, 1.807) is 6.20 Å². The van der Waals surface area contributed by atoms with Crippen molar-refractivity contribution < 1.29 is 9.90 Å². The van der Waals surface area contributed by atoms with E-state index in [1.165, 1.54) is 11.1 Å². The normalized spacial score (nSPS) is 24.2. The highest BCUT2D eigenvalue weighted by Gasteiger charge is 2.24. The minimum Gasteiger partial charge on any atom is -0.393 e. The van der Waals surface area contributed by atoms with Crippen molar-refractivity contribution in [3.8, 4) is 0 Å². The van der Waals surface area contributed by atoms with Gasteiger partial charge in [-0.15, -0.1) is 0 Å². The van der Waals surface area contributed by atoms with Crippen LogP contribution in [0.1, 0.15) is 53.7 Å². The minimum atomic E-state index is -0.614. The molecule has 2 aliphatic carbocycles. The number of aryl methyl sites for hydroxylation is 1. The second-order valence-corrected chi connectivity index (χ2v) is 7.71. The lowest BCUT2D eigenvalue weighted by molar-refractivity contribution is 0.0996. The first-order chi connectivity index (χ1) is 13.6. The number of carbonyl (C=O) groups excluding carboxylic acids is 1. The van der Waals surface area contributed by atoms with Gasteiger partial charge in [0, 0.05) is 24.5 Å². The SMILES string of the molecule is NC(=O)c1ncc(N[C@@H]2CCc3cnccc3C2)nc1N[C@@H]1CCC[C@H](O)C1. The number of amides is 1. The van der Waals surface area contributed by atoms with Crippen molar-refractivity contribution in [1.29, 1.82) is 0 Å². The van der Waals surface area contributed by atoms with Crippen molar-refractivity contribution in [1.82, 2.24) is 15.0 Å². The summed E-state index contributed by atoms with van der Waals surface area (Å²) in [6, 6.07) is 2.36. The largest absolute Gasteiger partial charge is 0.393 e. The average Bonchev–Trinajstić information content (AvgIpc) is 2.68. The third kappa shape index (κ3) is 4.22. The zero-order valence-electron chi connectivity index (χ0n) is 15.8. The minimum absolute atomic E-state index is 0.0560. The number of fused-ring (bicyclic) bond motifs is 1. The Kier molecular flexibility index (Phi) is 5.38. The van der Waals surface area contributed by atoms with Gasteiger partial charge in [-0.1, -0.05) is 0 Å². The van der Waals surface area contributed by atoms with E-state index in [1.807, 2.05) is 12.4 Å². The molecule has 8 heteroatoms. The summed E-state index contributed by atoms with van der Waals surface area (Å²) in [6.07, 6.45) is 11.1. The lowest BCUT2D eigenvalue weighted by Gasteiger charge is -2.28. The fraction of sp³-hybridized carbons (Fsp3) is 0.500. The predicted octanol–water partition coefficient (Wildman–Crippen LogP) is 1.66. The Balaban J connectivity index is 1.49. The van der Waals surface area contributed by atoms with Gasteiger partial charge in [0.2, 0.25) is 0 Å². The fourth-order valence-electron chi connectivity index (χ4n) is 4.14. The van der Waals surface area contributed by atoms with Gasteiger partial charge in [-0.05, 0) is 62.1 Å². The van der Waals surface area contributed by atoms with E-state index < -0.39 is 5.91 Å². The van der Waals surface area contributed by atoms with Crippen LogP contribution >= 0.6 is 0 Å². The molecular formula is C20H26N6O2. The van der Waals surface area contributed by atoms with Crippen molar-refractivity contribution in [2.75, 3.05) is 10.6 Å². The van der Waals surface area contributed by atoms with Gasteiger partial charge in [0.1, 0.15) is 5.82 Å². The molecule has 1 fully saturated rings. The number of nitrogens with zero attached hydrogens (tertiary/aromatic N) is 3. The van der Waals surface area contributed by atoms with E-state index in [0.717, 1.165) is 38.5 Å². The lowest BCUT2D eigenvalue weighted by atomic mass is 9.90. The molecule has 148 valence electrons. The predicted molar refractivity (Wildman–Crippen MR) is 106 cm³/mol. The number of rotatable bonds is 5. The Morgan fingerprint density at radius 2 is 2.04 bits per heavy atom. The first-order valence-electron chi connectivity index (χ1n) is 9.88. The number of pyridine rings is 1. The molecule has 2 heterocycles. The molecule has 1 saturated carbocycles. The second kappa shape index (κ2) is 8.10. The second-order valence-electron chi connectivity index (χ2n) is 7.71. The smallest absolute Gasteiger partial charge is 0.271 e. The van der Waals surface area contributed by atoms with Gasteiger partial charge < -0.3 is 21.5 Å². The van der Waals surface area contributed by atoms with Crippen LogP contribution in [0.3, 0.4) is 0 Å². The van der Waals surface area contributed by atoms with E-state index in [-0.39, 0.29) is 23.9 Å². The number of carbonyl (C=O) groups is 1. The van der Waals surface area contributed by atoms with Crippen LogP contribution < -0.4 is 16.4 Å². The molecule has 0 aliphatic heterocycles. The number of hydrogen-bond donors (Lipinski definition) is 4. The Bertz CT molecular complexity index is 858. The first-order valence-corrected chi connectivity index (χ1v) is 9.88. The molecular weight excluding hydrogens is 356 g/mol. The van der Waals surface area contributed by atoms with Crippen LogP contribution in [0.5, 0.6) is 0 Å². The van der Waals surface area contributed by atoms with Crippen LogP contribution in [0.15, 0.2) is 24.7 Å². The van der Waals surface area contributed by atoms with Gasteiger partial charge in [0.25, 0.3) is 5.91 Å². The van der Waals surface area contributed by atoms with Crippen molar-refractivity contribution in [2.45, 2.75) is 63.1 Å². The summed E-state index contributed by atoms with van der Waals surface area (Å²) in [6.45, 7) is 0. The number of aliphatic hydroxyl groups excluding tert-OH is 1. The topological polar surface area (TPSA) is 126 Å². The Morgan fingerprint density at radius 1 is 1.14 bits per heavy atom. The quantitative estimate of drug-likeness (QED) is 0.619. The first kappa shape index (κ1) is 18.6. The highest BCUT2D eigenvalue weighted by molar-refractivity contribution is 5.95. The summed E-state index contributed by atoms with van der Waals surface area (Å²) in [5.41, 5.74) is 8.21. The van der Waals surface area contributed by atoms with Gasteiger partial charge in [0.05, 0.1) is 12.3 Å². The molecule has 2 aliphatic rings. The van der Waals surface area contributed by atoms with Crippen LogP contribution in [0.2, 0.25) is 0 Å². The third-order valence-electron chi connectivity index (χ3n) is 5.58. The Morgan fingerprint density at radius 3 is 2.86 bits per heavy atom. The van der Waals surface area contributed by atoms with E-state index in [9.17, 15) is 9.90 Å². The highest BCUT2D eigenvalue weighted by atomic mass is 16.3. The molecule has 0 saturated heterocycles. The van der Waals surface area contributed by atoms with E-state index in [2.05, 4.69) is 31.7 Å². The molecule has 0 aromatic carbocycles. The number of aliphatic hydroxyl groups is 1. The molecule has 3 atom stereocenters. The van der Waals surface area contributed by atoms with Gasteiger partial charge >= 0.3 is 0 Å². The number of aromatic nitrogens is 3. The zero-order chi connectivity index (χ0) is 19.5. The van der Waals surface area contributed by atoms with E-state index in [4.69, 9.17) is 5.73 Å². The van der Waals surface area contributed by atoms with E-state index in [0.29, 0.717) is 18.1 Å². The number of hydrogen-bond acceptors (Lipinski definition) is 7. The number of nitrogens with one attached hydrogen (secondary N) is 2. The summed E-state index contributed by atoms with van der Waals surface area (Å²) >= 11 is 0. The highest BCUT2D eigenvalue weighted by Crippen LogP contribution is 2.25. The molecule has 2 aromatic heterocycles. The zero-order valence-corrected chi connectivity index (χ0v) is 15.8. The van der Waals surface area contributed by atoms with Gasteiger partial charge in [-0.3, -0.25) is 9.78 Å². The van der Waals surface area contributed by atoms with Gasteiger partial charge in [-0.2, -0.15) is 0 Å². The molecule has 28 heavy (non-hydrogen) atoms. The molecule has 4 rings (SSSR count). The lowest BCUT2D eigenvalue weighted by Crippen LogP contribution is -2.32. The maximum atomic E-state index is 11.8. The van der Waals surface area contributed by atoms with Crippen molar-refractivity contribution in [3.63, 3.8) is 0 Å². The fourth-order valence-corrected chi connectivity index (χ4v) is 4.14. The molecule has 0 bridgehead atoms. The molecule has 0 spiro atoms. The Labute approximate surface area is 164 Å². The molecule has 0 radical (unpaired) electrons. The molecule has 5 N–H and O–H groups in total. The van der Waals surface area contributed by atoms with Crippen LogP contribution in [0.4, 0.5) is 11.6 Å². The van der Waals surface area contributed by atoms with Gasteiger partial charge in [0.15, 0.2) is 11.5 Å². The Hall–Kier alpha value is -2.74. The van der Waals surface area contributed by atoms with Crippen molar-refractivity contribution in [2.24, 2.45) is 5.73 Å². The molecule has 2 aromatic rings. The summed E-state index contributed by atoms with van der Waals surface area (Å²) in [5, 5.41) is 16.6. The monoisotopic (exact) mass is 382 g/mol. The molecule has 1 amide bonds.